The van der Waals surface area contributed by atoms with Crippen LogP contribution < -0.4 is 4.72 Å². The minimum absolute atomic E-state index is 0. The average Bonchev–Trinajstić information content (AvgIpc) is 2.85. The van der Waals surface area contributed by atoms with Gasteiger partial charge >= 0.3 is 0 Å². The molecule has 0 spiro atoms. The Hall–Kier alpha value is -2.67. The van der Waals surface area contributed by atoms with Crippen LogP contribution in [0.3, 0.4) is 0 Å². The molecule has 0 aliphatic carbocycles. The number of ketones is 1. The monoisotopic (exact) mass is 466 g/mol. The Kier molecular flexibility index (Phi) is 12.3. The first-order valence-corrected chi connectivity index (χ1v) is 12.6. The van der Waals surface area contributed by atoms with Gasteiger partial charge in [0.15, 0.2) is 0 Å². The molecule has 5 nitrogen and oxygen atoms in total. The van der Waals surface area contributed by atoms with E-state index in [-0.39, 0.29) is 5.48 Å². The Bertz CT molecular complexity index is 981. The number of hydrogen-bond acceptors (Lipinski definition) is 3. The lowest BCUT2D eigenvalue weighted by Crippen LogP contribution is -2.19. The highest BCUT2D eigenvalue weighted by Gasteiger charge is 2.10. The summed E-state index contributed by atoms with van der Waals surface area (Å²) in [6, 6.07) is 21.8. The second-order valence-corrected chi connectivity index (χ2v) is 9.21. The Balaban J connectivity index is 0.00000385. The number of carbonyl (C=O) groups excluding carboxylic acids is 1. The zero-order chi connectivity index (χ0) is 22.4. The fourth-order valence-electron chi connectivity index (χ4n) is 3.66. The smallest absolute Gasteiger partial charge is 0.133 e. The van der Waals surface area contributed by atoms with Crippen molar-refractivity contribution in [2.75, 3.05) is 6.54 Å². The number of nitrogens with one attached hydrogen (secondary N) is 1. The van der Waals surface area contributed by atoms with Gasteiger partial charge in [-0.3, -0.25) is 9.78 Å². The van der Waals surface area contributed by atoms with Gasteiger partial charge in [0, 0.05) is 31.8 Å². The van der Waals surface area contributed by atoms with Gasteiger partial charge in [-0.1, -0.05) is 73.9 Å². The molecule has 0 aliphatic rings. The average molecular weight is 467 g/mol. The molecule has 1 aromatic heterocycles. The zero-order valence-electron chi connectivity index (χ0n) is 19.0. The maximum absolute atomic E-state index is 12.8. The van der Waals surface area contributed by atoms with Gasteiger partial charge in [0.25, 0.3) is 0 Å². The fraction of sp³-hybridized carbons (Fsp3) is 0.333. The number of carbonyl (C=O) groups is 1. The number of aryl methyl sites for hydroxylation is 1. The normalized spacial score (nSPS) is 11.5. The van der Waals surface area contributed by atoms with Crippen molar-refractivity contribution in [3.63, 3.8) is 0 Å². The molecule has 0 fully saturated rings. The van der Waals surface area contributed by atoms with E-state index >= 15 is 0 Å². The molecule has 0 saturated heterocycles. The van der Waals surface area contributed by atoms with E-state index in [2.05, 4.69) is 9.71 Å². The van der Waals surface area contributed by atoms with Crippen molar-refractivity contribution in [3.05, 3.63) is 84.7 Å². The van der Waals surface area contributed by atoms with Gasteiger partial charge < -0.3 is 5.48 Å². The van der Waals surface area contributed by atoms with Crippen molar-refractivity contribution in [3.8, 4) is 11.1 Å². The second-order valence-electron chi connectivity index (χ2n) is 7.94. The van der Waals surface area contributed by atoms with Crippen LogP contribution in [0.2, 0.25) is 0 Å². The van der Waals surface area contributed by atoms with Crippen molar-refractivity contribution in [2.45, 2.75) is 56.3 Å². The van der Waals surface area contributed by atoms with E-state index in [0.29, 0.717) is 18.6 Å². The minimum atomic E-state index is -1.23. The summed E-state index contributed by atoms with van der Waals surface area (Å²) in [5, 5.41) is 0. The van der Waals surface area contributed by atoms with Gasteiger partial charge in [0.05, 0.1) is 4.90 Å². The second kappa shape index (κ2) is 15.2. The Labute approximate surface area is 199 Å². The first-order chi connectivity index (χ1) is 15.7. The third-order valence-corrected chi connectivity index (χ3v) is 6.67. The van der Waals surface area contributed by atoms with Crippen molar-refractivity contribution in [1.29, 1.82) is 0 Å². The molecule has 6 heteroatoms. The molecule has 0 amide bonds. The number of unbranched alkanes of at least 4 members (excludes halogenated alkanes) is 4. The maximum Gasteiger partial charge on any atom is 0.133 e. The van der Waals surface area contributed by atoms with Crippen LogP contribution in [-0.4, -0.2) is 27.0 Å². The summed E-state index contributed by atoms with van der Waals surface area (Å²) >= 11 is 0. The summed E-state index contributed by atoms with van der Waals surface area (Å²) < 4.78 is 15.9. The molecule has 1 unspecified atom stereocenters. The molecule has 0 radical (unpaired) electrons. The van der Waals surface area contributed by atoms with E-state index in [1.165, 1.54) is 0 Å². The quantitative estimate of drug-likeness (QED) is 0.336. The maximum atomic E-state index is 12.8. The van der Waals surface area contributed by atoms with Crippen LogP contribution >= 0.6 is 0 Å². The molecular weight excluding hydrogens is 432 g/mol. The summed E-state index contributed by atoms with van der Waals surface area (Å²) in [6.45, 7) is 0.722. The summed E-state index contributed by atoms with van der Waals surface area (Å²) in [7, 11) is -1.23. The van der Waals surface area contributed by atoms with Gasteiger partial charge in [0.1, 0.15) is 16.8 Å². The third kappa shape index (κ3) is 9.38. The van der Waals surface area contributed by atoms with Crippen molar-refractivity contribution in [1.82, 2.24) is 9.71 Å². The highest BCUT2D eigenvalue weighted by atomic mass is 32.2. The largest absolute Gasteiger partial charge is 0.412 e. The summed E-state index contributed by atoms with van der Waals surface area (Å²) in [5.74, 6) is 0.336. The number of nitrogens with zero attached hydrogens (tertiary/aromatic N) is 1. The first kappa shape index (κ1) is 26.6. The number of aromatic nitrogens is 1. The fourth-order valence-corrected chi connectivity index (χ4v) is 4.73. The number of benzene rings is 2. The van der Waals surface area contributed by atoms with Crippen LogP contribution in [0.15, 0.2) is 84.0 Å². The van der Waals surface area contributed by atoms with E-state index < -0.39 is 11.0 Å². The van der Waals surface area contributed by atoms with Crippen LogP contribution in [0.4, 0.5) is 0 Å². The SMILES string of the molecule is O.O=C(CCCCCCCNS(=O)c1ccccc1-c1ccccc1)CCc1cccnc1. The van der Waals surface area contributed by atoms with E-state index in [1.807, 2.05) is 72.9 Å². The van der Waals surface area contributed by atoms with Gasteiger partial charge in [-0.05, 0) is 48.1 Å². The molecule has 3 N–H and O–H groups in total. The summed E-state index contributed by atoms with van der Waals surface area (Å²) in [5.41, 5.74) is 3.21. The first-order valence-electron chi connectivity index (χ1n) is 11.4. The van der Waals surface area contributed by atoms with E-state index in [4.69, 9.17) is 0 Å². The minimum Gasteiger partial charge on any atom is -0.412 e. The molecule has 3 rings (SSSR count). The van der Waals surface area contributed by atoms with E-state index in [9.17, 15) is 9.00 Å². The van der Waals surface area contributed by atoms with Crippen LogP contribution in [0.1, 0.15) is 50.5 Å². The molecule has 0 aliphatic heterocycles. The Morgan fingerprint density at radius 1 is 0.818 bits per heavy atom. The van der Waals surface area contributed by atoms with E-state index in [0.717, 1.165) is 66.7 Å². The standard InChI is InChI=1S/C27H32N2O2S.H2O/c30-25(19-18-23-12-11-20-28-22-23)15-7-2-1-3-10-21-29-32(31)27-17-9-8-16-26(27)24-13-5-4-6-14-24;/h4-6,8-9,11-14,16-17,20,22,29H,1-3,7,10,15,18-19,21H2;1H2. The number of rotatable bonds is 14. The predicted molar refractivity (Wildman–Crippen MR) is 135 cm³/mol. The van der Waals surface area contributed by atoms with Crippen LogP contribution in [0.25, 0.3) is 11.1 Å². The molecule has 1 heterocycles. The molecule has 33 heavy (non-hydrogen) atoms. The van der Waals surface area contributed by atoms with Crippen molar-refractivity contribution >= 4 is 16.8 Å². The van der Waals surface area contributed by atoms with Crippen molar-refractivity contribution in [2.24, 2.45) is 0 Å². The predicted octanol–water partition coefficient (Wildman–Crippen LogP) is 5.08. The number of Topliss-reactive ketones (excluding diaryl/α,β-unsaturated/α-hetero) is 1. The molecule has 0 saturated carbocycles. The highest BCUT2D eigenvalue weighted by Crippen LogP contribution is 2.25. The lowest BCUT2D eigenvalue weighted by molar-refractivity contribution is -0.119. The molecule has 3 aromatic rings. The lowest BCUT2D eigenvalue weighted by atomic mass is 10.0. The topological polar surface area (TPSA) is 90.6 Å². The lowest BCUT2D eigenvalue weighted by Gasteiger charge is -2.10. The van der Waals surface area contributed by atoms with Crippen molar-refractivity contribution < 1.29 is 14.5 Å². The van der Waals surface area contributed by atoms with Crippen LogP contribution in [0, 0.1) is 0 Å². The molecule has 2 aromatic carbocycles. The van der Waals surface area contributed by atoms with Gasteiger partial charge in [0.2, 0.25) is 0 Å². The van der Waals surface area contributed by atoms with Crippen LogP contribution in [-0.2, 0) is 22.2 Å². The van der Waals surface area contributed by atoms with Gasteiger partial charge in [-0.2, -0.15) is 0 Å². The molecular formula is C27H34N2O3S. The van der Waals surface area contributed by atoms with E-state index in [1.54, 1.807) is 6.20 Å². The number of pyridine rings is 1. The summed E-state index contributed by atoms with van der Waals surface area (Å²) in [4.78, 5) is 16.9. The highest BCUT2D eigenvalue weighted by molar-refractivity contribution is 7.83. The molecule has 0 bridgehead atoms. The third-order valence-electron chi connectivity index (χ3n) is 5.45. The Morgan fingerprint density at radius 2 is 1.55 bits per heavy atom. The molecule has 176 valence electrons. The zero-order valence-corrected chi connectivity index (χ0v) is 19.9. The van der Waals surface area contributed by atoms with Gasteiger partial charge in [-0.15, -0.1) is 0 Å². The number of hydrogen-bond donors (Lipinski definition) is 1. The van der Waals surface area contributed by atoms with Crippen LogP contribution in [0.5, 0.6) is 0 Å². The molecule has 1 atom stereocenters. The summed E-state index contributed by atoms with van der Waals surface area (Å²) in [6.07, 6.45) is 10.8. The van der Waals surface area contributed by atoms with Gasteiger partial charge in [-0.25, -0.2) is 8.93 Å². The Morgan fingerprint density at radius 3 is 2.33 bits per heavy atom.